The molecule has 1 amide bonds. The number of carbonyl (C=O) groups excluding carboxylic acids is 1. The van der Waals surface area contributed by atoms with Gasteiger partial charge in [-0.2, -0.15) is 0 Å². The van der Waals surface area contributed by atoms with Crippen LogP contribution in [0.3, 0.4) is 0 Å². The molecule has 0 atom stereocenters. The first kappa shape index (κ1) is 17.7. The summed E-state index contributed by atoms with van der Waals surface area (Å²) in [5.41, 5.74) is -0.0838. The number of carbonyl (C=O) groups is 1. The van der Waals surface area contributed by atoms with Gasteiger partial charge in [-0.05, 0) is 31.5 Å². The third-order valence-electron chi connectivity index (χ3n) is 3.91. The molecule has 1 heterocycles. The first-order valence-corrected chi connectivity index (χ1v) is 7.83. The molecule has 1 saturated heterocycles. The van der Waals surface area contributed by atoms with Crippen LogP contribution < -0.4 is 4.74 Å². The fourth-order valence-electron chi connectivity index (χ4n) is 2.81. The minimum Gasteiger partial charge on any atom is -0.494 e. The predicted molar refractivity (Wildman–Crippen MR) is 86.0 cm³/mol. The first-order chi connectivity index (χ1) is 10.8. The van der Waals surface area contributed by atoms with Crippen LogP contribution in [0.1, 0.15) is 19.4 Å². The highest BCUT2D eigenvalue weighted by atomic mass is 19.1. The van der Waals surface area contributed by atoms with Gasteiger partial charge in [-0.1, -0.05) is 6.07 Å². The van der Waals surface area contributed by atoms with Gasteiger partial charge in [-0.15, -0.1) is 0 Å². The Hall–Kier alpha value is -1.66. The lowest BCUT2D eigenvalue weighted by atomic mass is 10.1. The molecule has 1 fully saturated rings. The second-order valence-corrected chi connectivity index (χ2v) is 6.62. The number of ether oxygens (including phenoxy) is 1. The highest BCUT2D eigenvalue weighted by Crippen LogP contribution is 2.18. The Kier molecular flexibility index (Phi) is 5.59. The molecule has 1 aliphatic heterocycles. The van der Waals surface area contributed by atoms with E-state index in [1.54, 1.807) is 30.9 Å². The van der Waals surface area contributed by atoms with Crippen molar-refractivity contribution in [3.63, 3.8) is 0 Å². The third kappa shape index (κ3) is 5.18. The van der Waals surface area contributed by atoms with E-state index >= 15 is 0 Å². The number of piperazine rings is 1. The molecule has 128 valence electrons. The summed E-state index contributed by atoms with van der Waals surface area (Å²) in [4.78, 5) is 16.3. The smallest absolute Gasteiger partial charge is 0.227 e. The van der Waals surface area contributed by atoms with Crippen molar-refractivity contribution in [2.75, 3.05) is 39.8 Å². The highest BCUT2D eigenvalue weighted by Gasteiger charge is 2.25. The zero-order valence-electron chi connectivity index (χ0n) is 14.0. The van der Waals surface area contributed by atoms with E-state index in [0.717, 1.165) is 13.1 Å². The highest BCUT2D eigenvalue weighted by molar-refractivity contribution is 5.79. The maximum atomic E-state index is 13.7. The van der Waals surface area contributed by atoms with Crippen molar-refractivity contribution in [2.24, 2.45) is 0 Å². The largest absolute Gasteiger partial charge is 0.494 e. The van der Waals surface area contributed by atoms with Gasteiger partial charge in [0.2, 0.25) is 5.91 Å². The molecule has 1 aromatic carbocycles. The van der Waals surface area contributed by atoms with Crippen LogP contribution in [0.25, 0.3) is 0 Å². The second-order valence-electron chi connectivity index (χ2n) is 6.62. The monoisotopic (exact) mass is 324 g/mol. The fourth-order valence-corrected chi connectivity index (χ4v) is 2.81. The molecule has 5 nitrogen and oxygen atoms in total. The Morgan fingerprint density at radius 2 is 1.96 bits per heavy atom. The lowest BCUT2D eigenvalue weighted by Crippen LogP contribution is -2.52. The van der Waals surface area contributed by atoms with Crippen LogP contribution in [-0.4, -0.2) is 66.2 Å². The zero-order valence-corrected chi connectivity index (χ0v) is 14.0. The number of aliphatic hydroxyl groups is 1. The van der Waals surface area contributed by atoms with Gasteiger partial charge in [0, 0.05) is 32.7 Å². The van der Waals surface area contributed by atoms with Crippen LogP contribution in [-0.2, 0) is 11.2 Å². The SMILES string of the molecule is COc1ccc(CC(=O)N2CCN(CC(C)(C)O)CC2)cc1F. The van der Waals surface area contributed by atoms with Crippen molar-refractivity contribution in [3.8, 4) is 5.75 Å². The van der Waals surface area contributed by atoms with Crippen LogP contribution in [0.5, 0.6) is 5.75 Å². The number of hydrogen-bond acceptors (Lipinski definition) is 4. The van der Waals surface area contributed by atoms with Gasteiger partial charge in [-0.3, -0.25) is 9.69 Å². The summed E-state index contributed by atoms with van der Waals surface area (Å²) in [7, 11) is 1.41. The topological polar surface area (TPSA) is 53.0 Å². The molecule has 0 spiro atoms. The average Bonchev–Trinajstić information content (AvgIpc) is 2.46. The molecule has 0 aliphatic carbocycles. The lowest BCUT2D eigenvalue weighted by molar-refractivity contribution is -0.132. The molecule has 0 aromatic heterocycles. The summed E-state index contributed by atoms with van der Waals surface area (Å²) in [6.45, 7) is 6.91. The molecule has 1 N–H and O–H groups in total. The van der Waals surface area contributed by atoms with Crippen molar-refractivity contribution in [3.05, 3.63) is 29.6 Å². The third-order valence-corrected chi connectivity index (χ3v) is 3.91. The number of halogens is 1. The standard InChI is InChI=1S/C17H25FN2O3/c1-17(2,22)12-19-6-8-20(9-7-19)16(21)11-13-4-5-15(23-3)14(18)10-13/h4-5,10,22H,6-9,11-12H2,1-3H3. The van der Waals surface area contributed by atoms with E-state index in [1.165, 1.54) is 13.2 Å². The van der Waals surface area contributed by atoms with Crippen LogP contribution in [0.4, 0.5) is 4.39 Å². The molecular formula is C17H25FN2O3. The van der Waals surface area contributed by atoms with Crippen molar-refractivity contribution in [1.29, 1.82) is 0 Å². The Labute approximate surface area is 136 Å². The summed E-state index contributed by atoms with van der Waals surface area (Å²) >= 11 is 0. The molecule has 0 unspecified atom stereocenters. The molecule has 0 radical (unpaired) electrons. The summed E-state index contributed by atoms with van der Waals surface area (Å²) in [5.74, 6) is -0.272. The van der Waals surface area contributed by atoms with E-state index in [1.807, 2.05) is 0 Å². The Morgan fingerprint density at radius 1 is 1.30 bits per heavy atom. The van der Waals surface area contributed by atoms with Crippen LogP contribution in [0.2, 0.25) is 0 Å². The molecule has 6 heteroatoms. The van der Waals surface area contributed by atoms with E-state index in [9.17, 15) is 14.3 Å². The van der Waals surface area contributed by atoms with Crippen molar-refractivity contribution in [1.82, 2.24) is 9.80 Å². The quantitative estimate of drug-likeness (QED) is 0.887. The number of nitrogens with zero attached hydrogens (tertiary/aromatic N) is 2. The van der Waals surface area contributed by atoms with E-state index in [-0.39, 0.29) is 18.1 Å². The van der Waals surface area contributed by atoms with Crippen LogP contribution in [0, 0.1) is 5.82 Å². The van der Waals surface area contributed by atoms with Gasteiger partial charge in [0.05, 0.1) is 19.1 Å². The maximum Gasteiger partial charge on any atom is 0.227 e. The van der Waals surface area contributed by atoms with Gasteiger partial charge >= 0.3 is 0 Å². The minimum atomic E-state index is -0.729. The van der Waals surface area contributed by atoms with Crippen molar-refractivity contribution < 1.29 is 19.0 Å². The molecule has 23 heavy (non-hydrogen) atoms. The average molecular weight is 324 g/mol. The molecule has 1 aromatic rings. The number of benzene rings is 1. The van der Waals surface area contributed by atoms with E-state index in [0.29, 0.717) is 25.2 Å². The Morgan fingerprint density at radius 3 is 2.48 bits per heavy atom. The van der Waals surface area contributed by atoms with Gasteiger partial charge < -0.3 is 14.7 Å². The number of amides is 1. The van der Waals surface area contributed by atoms with E-state index in [4.69, 9.17) is 4.74 Å². The van der Waals surface area contributed by atoms with Gasteiger partial charge in [-0.25, -0.2) is 4.39 Å². The summed E-state index contributed by atoms with van der Waals surface area (Å²) in [5, 5.41) is 9.84. The molecular weight excluding hydrogens is 299 g/mol. The lowest BCUT2D eigenvalue weighted by Gasteiger charge is -2.37. The molecule has 0 saturated carbocycles. The summed E-state index contributed by atoms with van der Waals surface area (Å²) in [6, 6.07) is 4.60. The van der Waals surface area contributed by atoms with Crippen LogP contribution in [0.15, 0.2) is 18.2 Å². The number of hydrogen-bond donors (Lipinski definition) is 1. The summed E-state index contributed by atoms with van der Waals surface area (Å²) in [6.07, 6.45) is 0.187. The molecule has 2 rings (SSSR count). The number of rotatable bonds is 5. The van der Waals surface area contributed by atoms with Crippen molar-refractivity contribution in [2.45, 2.75) is 25.9 Å². The predicted octanol–water partition coefficient (Wildman–Crippen LogP) is 1.29. The van der Waals surface area contributed by atoms with Crippen molar-refractivity contribution >= 4 is 5.91 Å². The maximum absolute atomic E-state index is 13.7. The first-order valence-electron chi connectivity index (χ1n) is 7.83. The second kappa shape index (κ2) is 7.27. The minimum absolute atomic E-state index is 0.00234. The Balaban J connectivity index is 1.87. The molecule has 1 aliphatic rings. The Bertz CT molecular complexity index is 549. The summed E-state index contributed by atoms with van der Waals surface area (Å²) < 4.78 is 18.5. The molecule has 0 bridgehead atoms. The number of methoxy groups -OCH3 is 1. The van der Waals surface area contributed by atoms with E-state index < -0.39 is 11.4 Å². The van der Waals surface area contributed by atoms with Gasteiger partial charge in [0.25, 0.3) is 0 Å². The van der Waals surface area contributed by atoms with E-state index in [2.05, 4.69) is 4.90 Å². The van der Waals surface area contributed by atoms with Gasteiger partial charge in [0.1, 0.15) is 0 Å². The van der Waals surface area contributed by atoms with Crippen LogP contribution >= 0.6 is 0 Å². The fraction of sp³-hybridized carbons (Fsp3) is 0.588. The zero-order chi connectivity index (χ0) is 17.0. The van der Waals surface area contributed by atoms with Gasteiger partial charge in [0.15, 0.2) is 11.6 Å². The normalized spacial score (nSPS) is 16.5. The number of β-amino-alcohol motifs (C(OH)–C–C–N with tert-alkyl or cyclic N) is 1.